The Bertz CT molecular complexity index is 1510. The Morgan fingerprint density at radius 1 is 0.919 bits per heavy atom. The van der Waals surface area contributed by atoms with Gasteiger partial charge in [0.25, 0.3) is 0 Å². The highest BCUT2D eigenvalue weighted by molar-refractivity contribution is 6.00. The van der Waals surface area contributed by atoms with E-state index in [0.717, 1.165) is 0 Å². The molecule has 4 aromatic rings. The molecule has 0 aliphatic carbocycles. The predicted molar refractivity (Wildman–Crippen MR) is 137 cm³/mol. The number of carbonyl (C=O) groups excluding carboxylic acids is 2. The zero-order chi connectivity index (χ0) is 26.7. The van der Waals surface area contributed by atoms with Crippen LogP contribution in [0.2, 0.25) is 0 Å². The van der Waals surface area contributed by atoms with Gasteiger partial charge in [0.05, 0.1) is 13.0 Å². The number of aryl methyl sites for hydroxylation is 1. The van der Waals surface area contributed by atoms with Gasteiger partial charge in [-0.25, -0.2) is 0 Å². The van der Waals surface area contributed by atoms with E-state index in [-0.39, 0.29) is 47.2 Å². The van der Waals surface area contributed by atoms with Crippen molar-refractivity contribution in [1.29, 1.82) is 0 Å². The molecule has 3 aromatic carbocycles. The third-order valence-corrected chi connectivity index (χ3v) is 6.14. The number of phenols is 4. The Balaban J connectivity index is 1.57. The molecule has 0 bridgehead atoms. The molecular formula is C29H26O8. The fourth-order valence-electron chi connectivity index (χ4n) is 4.06. The normalized spacial score (nSPS) is 12.2. The van der Waals surface area contributed by atoms with Crippen LogP contribution in [0.1, 0.15) is 23.1 Å². The molecule has 0 amide bonds. The molecule has 0 saturated carbocycles. The SMILES string of the molecule is COC(=O)[C@H](CC(=O)/C=C/c1ccc(O)c2oc(-c3ccc(O)c(O)c3)cc12)Cc1ccc(C)c(O)c1. The van der Waals surface area contributed by atoms with Gasteiger partial charge in [0, 0.05) is 17.4 Å². The molecular weight excluding hydrogens is 476 g/mol. The fourth-order valence-corrected chi connectivity index (χ4v) is 4.06. The molecule has 1 aromatic heterocycles. The summed E-state index contributed by atoms with van der Waals surface area (Å²) in [6.45, 7) is 1.77. The van der Waals surface area contributed by atoms with Crippen molar-refractivity contribution in [3.8, 4) is 34.3 Å². The van der Waals surface area contributed by atoms with Crippen molar-refractivity contribution in [2.75, 3.05) is 7.11 Å². The molecule has 8 nitrogen and oxygen atoms in total. The zero-order valence-electron chi connectivity index (χ0n) is 20.3. The number of rotatable bonds is 8. The smallest absolute Gasteiger partial charge is 0.309 e. The van der Waals surface area contributed by atoms with Crippen LogP contribution >= 0.6 is 0 Å². The minimum atomic E-state index is -0.730. The van der Waals surface area contributed by atoms with Crippen LogP contribution in [-0.2, 0) is 20.7 Å². The van der Waals surface area contributed by atoms with E-state index in [9.17, 15) is 30.0 Å². The van der Waals surface area contributed by atoms with Gasteiger partial charge in [-0.1, -0.05) is 24.3 Å². The molecule has 190 valence electrons. The van der Waals surface area contributed by atoms with Crippen LogP contribution in [0.15, 0.2) is 65.1 Å². The minimum absolute atomic E-state index is 0.0948. The van der Waals surface area contributed by atoms with Crippen LogP contribution in [0.4, 0.5) is 0 Å². The van der Waals surface area contributed by atoms with Gasteiger partial charge in [-0.15, -0.1) is 0 Å². The summed E-state index contributed by atoms with van der Waals surface area (Å²) >= 11 is 0. The summed E-state index contributed by atoms with van der Waals surface area (Å²) in [4.78, 5) is 25.1. The fraction of sp³-hybridized carbons (Fsp3) is 0.172. The Kier molecular flexibility index (Phi) is 7.20. The Labute approximate surface area is 212 Å². The second-order valence-electron chi connectivity index (χ2n) is 8.78. The van der Waals surface area contributed by atoms with Gasteiger partial charge in [-0.05, 0) is 72.5 Å². The van der Waals surface area contributed by atoms with Gasteiger partial charge in [0.2, 0.25) is 0 Å². The predicted octanol–water partition coefficient (Wildman–Crippen LogP) is 5.23. The van der Waals surface area contributed by atoms with Crippen molar-refractivity contribution in [2.24, 2.45) is 5.92 Å². The number of methoxy groups -OCH3 is 1. The highest BCUT2D eigenvalue weighted by Gasteiger charge is 2.23. The third-order valence-electron chi connectivity index (χ3n) is 6.14. The van der Waals surface area contributed by atoms with Gasteiger partial charge < -0.3 is 29.6 Å². The third kappa shape index (κ3) is 5.59. The molecule has 1 atom stereocenters. The molecule has 0 fully saturated rings. The van der Waals surface area contributed by atoms with Gasteiger partial charge >= 0.3 is 5.97 Å². The van der Waals surface area contributed by atoms with Crippen LogP contribution in [0.5, 0.6) is 23.0 Å². The number of hydrogen-bond donors (Lipinski definition) is 4. The van der Waals surface area contributed by atoms with Crippen molar-refractivity contribution >= 4 is 28.8 Å². The summed E-state index contributed by atoms with van der Waals surface area (Å²) in [5, 5.41) is 40.1. The number of benzene rings is 3. The molecule has 4 rings (SSSR count). The number of phenolic OH excluding ortho intramolecular Hbond substituents is 4. The van der Waals surface area contributed by atoms with Crippen molar-refractivity contribution in [3.63, 3.8) is 0 Å². The molecule has 0 aliphatic rings. The second-order valence-corrected chi connectivity index (χ2v) is 8.78. The van der Waals surface area contributed by atoms with Crippen LogP contribution < -0.4 is 0 Å². The van der Waals surface area contributed by atoms with Gasteiger partial charge in [-0.3, -0.25) is 9.59 Å². The highest BCUT2D eigenvalue weighted by atomic mass is 16.5. The molecule has 0 saturated heterocycles. The second kappa shape index (κ2) is 10.5. The maximum atomic E-state index is 12.8. The van der Waals surface area contributed by atoms with Gasteiger partial charge in [0.1, 0.15) is 11.5 Å². The number of allylic oxidation sites excluding steroid dienone is 1. The van der Waals surface area contributed by atoms with Crippen molar-refractivity contribution in [3.05, 3.63) is 77.4 Å². The summed E-state index contributed by atoms with van der Waals surface area (Å²) in [5.74, 6) is -1.77. The van der Waals surface area contributed by atoms with Crippen molar-refractivity contribution in [2.45, 2.75) is 19.8 Å². The summed E-state index contributed by atoms with van der Waals surface area (Å²) in [7, 11) is 1.26. The number of ether oxygens (including phenoxy) is 1. The molecule has 0 spiro atoms. The van der Waals surface area contributed by atoms with Crippen LogP contribution in [0.3, 0.4) is 0 Å². The van der Waals surface area contributed by atoms with Gasteiger partial charge in [0.15, 0.2) is 28.6 Å². The number of hydrogen-bond acceptors (Lipinski definition) is 8. The monoisotopic (exact) mass is 502 g/mol. The maximum Gasteiger partial charge on any atom is 0.309 e. The van der Waals surface area contributed by atoms with E-state index in [4.69, 9.17) is 9.15 Å². The maximum absolute atomic E-state index is 12.8. The summed E-state index contributed by atoms with van der Waals surface area (Å²) in [5.41, 5.74) is 2.70. The number of carbonyl (C=O) groups is 2. The molecule has 0 aliphatic heterocycles. The molecule has 37 heavy (non-hydrogen) atoms. The van der Waals surface area contributed by atoms with E-state index in [2.05, 4.69) is 0 Å². The topological polar surface area (TPSA) is 137 Å². The summed E-state index contributed by atoms with van der Waals surface area (Å²) in [6.07, 6.45) is 3.06. The standard InChI is InChI=1S/C29H26O8/c1-16-3-4-17(12-25(16)33)11-20(29(35)36-2)13-21(30)8-5-18-6-10-24(32)28-22(18)15-27(37-28)19-7-9-23(31)26(34)14-19/h3-10,12,14-15,20,31-34H,11,13H2,1-2H3/b8-5+/t20-/m0/s1. The zero-order valence-corrected chi connectivity index (χ0v) is 20.3. The van der Waals surface area contributed by atoms with E-state index >= 15 is 0 Å². The minimum Gasteiger partial charge on any atom is -0.508 e. The number of esters is 1. The highest BCUT2D eigenvalue weighted by Crippen LogP contribution is 2.38. The van der Waals surface area contributed by atoms with E-state index in [1.165, 1.54) is 31.4 Å². The summed E-state index contributed by atoms with van der Waals surface area (Å²) in [6, 6.07) is 14.1. The first kappa shape index (κ1) is 25.4. The molecule has 0 radical (unpaired) electrons. The Hall–Kier alpha value is -4.72. The number of fused-ring (bicyclic) bond motifs is 1. The van der Waals surface area contributed by atoms with Crippen LogP contribution in [0.25, 0.3) is 28.4 Å². The van der Waals surface area contributed by atoms with E-state index in [1.807, 2.05) is 0 Å². The van der Waals surface area contributed by atoms with Gasteiger partial charge in [-0.2, -0.15) is 0 Å². The Morgan fingerprint density at radius 3 is 2.38 bits per heavy atom. The lowest BCUT2D eigenvalue weighted by Gasteiger charge is -2.14. The lowest BCUT2D eigenvalue weighted by atomic mass is 9.93. The summed E-state index contributed by atoms with van der Waals surface area (Å²) < 4.78 is 10.7. The molecule has 8 heteroatoms. The first-order valence-corrected chi connectivity index (χ1v) is 11.5. The Morgan fingerprint density at radius 2 is 1.68 bits per heavy atom. The first-order valence-electron chi connectivity index (χ1n) is 11.5. The van der Waals surface area contributed by atoms with Crippen molar-refractivity contribution in [1.82, 2.24) is 0 Å². The van der Waals surface area contributed by atoms with E-state index < -0.39 is 11.9 Å². The van der Waals surface area contributed by atoms with E-state index in [0.29, 0.717) is 33.4 Å². The average molecular weight is 503 g/mol. The lowest BCUT2D eigenvalue weighted by molar-refractivity contribution is -0.146. The molecule has 4 N–H and O–H groups in total. The quantitative estimate of drug-likeness (QED) is 0.146. The van der Waals surface area contributed by atoms with Crippen LogP contribution in [-0.4, -0.2) is 39.3 Å². The number of ketones is 1. The van der Waals surface area contributed by atoms with Crippen LogP contribution in [0, 0.1) is 12.8 Å². The number of furan rings is 1. The largest absolute Gasteiger partial charge is 0.508 e. The van der Waals surface area contributed by atoms with E-state index in [1.54, 1.807) is 49.4 Å². The first-order chi connectivity index (χ1) is 17.7. The number of aromatic hydroxyl groups is 4. The van der Waals surface area contributed by atoms with Crippen molar-refractivity contribution < 1.29 is 39.2 Å². The lowest BCUT2D eigenvalue weighted by Crippen LogP contribution is -2.21. The average Bonchev–Trinajstić information content (AvgIpc) is 3.33. The molecule has 1 heterocycles. The molecule has 0 unspecified atom stereocenters.